The first kappa shape index (κ1) is 21.1. The Kier molecular flexibility index (Phi) is 5.74. The third-order valence-corrected chi connectivity index (χ3v) is 7.62. The molecule has 0 saturated carbocycles. The van der Waals surface area contributed by atoms with E-state index < -0.39 is 15.9 Å². The Morgan fingerprint density at radius 3 is 2.50 bits per heavy atom. The zero-order valence-electron chi connectivity index (χ0n) is 17.1. The monoisotopic (exact) mass is 448 g/mol. The third-order valence-electron chi connectivity index (χ3n) is 5.67. The van der Waals surface area contributed by atoms with Crippen LogP contribution in [0.3, 0.4) is 0 Å². The van der Waals surface area contributed by atoms with Gasteiger partial charge in [0.15, 0.2) is 5.03 Å². The molecule has 1 aromatic heterocycles. The summed E-state index contributed by atoms with van der Waals surface area (Å²) in [5, 5.41) is 0.632. The summed E-state index contributed by atoms with van der Waals surface area (Å²) in [5.74, 6) is -0.458. The molecule has 0 aliphatic carbocycles. The smallest absolute Gasteiger partial charge is 0.285 e. The van der Waals surface area contributed by atoms with Crippen LogP contribution in [0.2, 0.25) is 5.02 Å². The number of aryl methyl sites for hydroxylation is 2. The van der Waals surface area contributed by atoms with Gasteiger partial charge in [-0.2, -0.15) is 8.42 Å². The van der Waals surface area contributed by atoms with Crippen molar-refractivity contribution in [1.82, 2.24) is 14.2 Å². The van der Waals surface area contributed by atoms with E-state index in [1.165, 1.54) is 0 Å². The highest BCUT2D eigenvalue weighted by molar-refractivity contribution is 7.90. The number of nitrogens with zero attached hydrogens (tertiary/aromatic N) is 4. The van der Waals surface area contributed by atoms with Crippen molar-refractivity contribution in [3.63, 3.8) is 0 Å². The number of hydrogen-bond acceptors (Lipinski definition) is 6. The summed E-state index contributed by atoms with van der Waals surface area (Å²) >= 11 is 6.09. The van der Waals surface area contributed by atoms with E-state index in [9.17, 15) is 13.2 Å². The van der Waals surface area contributed by atoms with Crippen LogP contribution in [0.1, 0.15) is 28.0 Å². The van der Waals surface area contributed by atoms with Crippen molar-refractivity contribution in [2.45, 2.75) is 25.3 Å². The van der Waals surface area contributed by atoms with Crippen molar-refractivity contribution in [3.8, 4) is 0 Å². The number of carbonyl (C=O) groups is 1. The molecular weight excluding hydrogens is 424 g/mol. The van der Waals surface area contributed by atoms with E-state index in [4.69, 9.17) is 11.6 Å². The van der Waals surface area contributed by atoms with E-state index in [2.05, 4.69) is 20.9 Å². The van der Waals surface area contributed by atoms with Crippen LogP contribution in [0.15, 0.2) is 35.4 Å². The van der Waals surface area contributed by atoms with Crippen molar-refractivity contribution in [2.24, 2.45) is 0 Å². The standard InChI is InChI=1S/C21H25ClN4O3S/c1-15-13-16(2)23-20-19(15)21(27)26(30(20,28)29)8-4-7-24-9-11-25(12-10-24)18-6-3-5-17(22)14-18/h3,5-6,13-14H,4,7-12H2,1-2H3. The first-order valence-electron chi connectivity index (χ1n) is 10.1. The molecule has 7 nitrogen and oxygen atoms in total. The molecule has 9 heteroatoms. The zero-order valence-corrected chi connectivity index (χ0v) is 18.7. The number of aromatic nitrogens is 1. The summed E-state index contributed by atoms with van der Waals surface area (Å²) in [6, 6.07) is 9.59. The number of fused-ring (bicyclic) bond motifs is 1. The molecule has 30 heavy (non-hydrogen) atoms. The molecule has 2 aromatic rings. The topological polar surface area (TPSA) is 73.8 Å². The van der Waals surface area contributed by atoms with Crippen molar-refractivity contribution in [3.05, 3.63) is 52.2 Å². The highest BCUT2D eigenvalue weighted by atomic mass is 35.5. The van der Waals surface area contributed by atoms with Gasteiger partial charge in [-0.15, -0.1) is 0 Å². The summed E-state index contributed by atoms with van der Waals surface area (Å²) in [5.41, 5.74) is 2.59. The Hall–Kier alpha value is -2.16. The molecule has 1 fully saturated rings. The number of benzene rings is 1. The van der Waals surface area contributed by atoms with E-state index in [-0.39, 0.29) is 17.1 Å². The van der Waals surface area contributed by atoms with E-state index in [0.29, 0.717) is 17.7 Å². The van der Waals surface area contributed by atoms with E-state index in [1.807, 2.05) is 18.2 Å². The molecular formula is C21H25ClN4O3S. The van der Waals surface area contributed by atoms with Crippen LogP contribution in [0, 0.1) is 13.8 Å². The van der Waals surface area contributed by atoms with Gasteiger partial charge in [0, 0.05) is 55.7 Å². The highest BCUT2D eigenvalue weighted by Crippen LogP contribution is 2.31. The maximum absolute atomic E-state index is 12.8. The number of rotatable bonds is 5. The first-order chi connectivity index (χ1) is 14.3. The van der Waals surface area contributed by atoms with Crippen LogP contribution in [0.25, 0.3) is 0 Å². The van der Waals surface area contributed by atoms with Crippen LogP contribution < -0.4 is 4.90 Å². The lowest BCUT2D eigenvalue weighted by molar-refractivity contribution is 0.0865. The summed E-state index contributed by atoms with van der Waals surface area (Å²) < 4.78 is 26.6. The lowest BCUT2D eigenvalue weighted by Crippen LogP contribution is -2.47. The number of carbonyl (C=O) groups excluding carboxylic acids is 1. The fourth-order valence-corrected chi connectivity index (χ4v) is 5.99. The van der Waals surface area contributed by atoms with E-state index in [0.717, 1.165) is 47.7 Å². The highest BCUT2D eigenvalue weighted by Gasteiger charge is 2.43. The van der Waals surface area contributed by atoms with Gasteiger partial charge in [-0.3, -0.25) is 9.69 Å². The molecule has 4 rings (SSSR count). The number of halogens is 1. The van der Waals surface area contributed by atoms with Gasteiger partial charge in [0.1, 0.15) is 0 Å². The summed E-state index contributed by atoms with van der Waals surface area (Å²) in [4.78, 5) is 21.5. The minimum Gasteiger partial charge on any atom is -0.369 e. The second-order valence-corrected chi connectivity index (χ2v) is 10.0. The van der Waals surface area contributed by atoms with Gasteiger partial charge in [0.25, 0.3) is 15.9 Å². The van der Waals surface area contributed by atoms with Crippen molar-refractivity contribution in [2.75, 3.05) is 44.2 Å². The van der Waals surface area contributed by atoms with Crippen molar-refractivity contribution < 1.29 is 13.2 Å². The number of hydrogen-bond donors (Lipinski definition) is 0. The van der Waals surface area contributed by atoms with Crippen LogP contribution >= 0.6 is 11.6 Å². The Morgan fingerprint density at radius 1 is 1.07 bits per heavy atom. The Labute approximate surface area is 182 Å². The average molecular weight is 449 g/mol. The second kappa shape index (κ2) is 8.17. The molecule has 160 valence electrons. The minimum atomic E-state index is -3.86. The molecule has 0 spiro atoms. The predicted octanol–water partition coefficient (Wildman–Crippen LogP) is 2.71. The van der Waals surface area contributed by atoms with E-state index in [1.54, 1.807) is 19.9 Å². The zero-order chi connectivity index (χ0) is 21.5. The molecule has 0 N–H and O–H groups in total. The number of pyridine rings is 1. The number of anilines is 1. The van der Waals surface area contributed by atoms with Gasteiger partial charge < -0.3 is 4.90 Å². The molecule has 3 heterocycles. The SMILES string of the molecule is Cc1cc(C)c2c(n1)S(=O)(=O)N(CCCN1CCN(c3cccc(Cl)c3)CC1)C2=O. The number of amides is 1. The Morgan fingerprint density at radius 2 is 1.80 bits per heavy atom. The molecule has 2 aliphatic rings. The van der Waals surface area contributed by atoms with Gasteiger partial charge in [-0.25, -0.2) is 9.29 Å². The quantitative estimate of drug-likeness (QED) is 0.700. The first-order valence-corrected chi connectivity index (χ1v) is 11.9. The predicted molar refractivity (Wildman–Crippen MR) is 117 cm³/mol. The third kappa shape index (κ3) is 3.91. The number of piperazine rings is 1. The molecule has 0 bridgehead atoms. The van der Waals surface area contributed by atoms with Gasteiger partial charge in [0.2, 0.25) is 0 Å². The van der Waals surface area contributed by atoms with Gasteiger partial charge in [-0.1, -0.05) is 17.7 Å². The largest absolute Gasteiger partial charge is 0.369 e. The molecule has 1 saturated heterocycles. The molecule has 2 aliphatic heterocycles. The lowest BCUT2D eigenvalue weighted by atomic mass is 10.1. The fraction of sp³-hybridized carbons (Fsp3) is 0.429. The van der Waals surface area contributed by atoms with Crippen LogP contribution in [0.4, 0.5) is 5.69 Å². The fourth-order valence-electron chi connectivity index (χ4n) is 4.15. The van der Waals surface area contributed by atoms with Gasteiger partial charge >= 0.3 is 0 Å². The normalized spacial score (nSPS) is 18.7. The van der Waals surface area contributed by atoms with Crippen LogP contribution in [-0.2, 0) is 10.0 Å². The summed E-state index contributed by atoms with van der Waals surface area (Å²) in [6.45, 7) is 7.93. The minimum absolute atomic E-state index is 0.0971. The molecule has 0 radical (unpaired) electrons. The lowest BCUT2D eigenvalue weighted by Gasteiger charge is -2.36. The number of sulfonamides is 1. The van der Waals surface area contributed by atoms with Gasteiger partial charge in [-0.05, 0) is 50.1 Å². The second-order valence-electron chi connectivity index (χ2n) is 7.81. The summed E-state index contributed by atoms with van der Waals surface area (Å²) in [6.07, 6.45) is 0.591. The molecule has 0 atom stereocenters. The molecule has 1 amide bonds. The summed E-state index contributed by atoms with van der Waals surface area (Å²) in [7, 11) is -3.86. The average Bonchev–Trinajstić information content (AvgIpc) is 2.89. The maximum Gasteiger partial charge on any atom is 0.285 e. The van der Waals surface area contributed by atoms with Crippen molar-refractivity contribution >= 4 is 33.2 Å². The molecule has 0 unspecified atom stereocenters. The maximum atomic E-state index is 12.8. The van der Waals surface area contributed by atoms with Crippen molar-refractivity contribution in [1.29, 1.82) is 0 Å². The van der Waals surface area contributed by atoms with E-state index >= 15 is 0 Å². The molecule has 1 aromatic carbocycles. The van der Waals surface area contributed by atoms with Crippen LogP contribution in [0.5, 0.6) is 0 Å². The Balaban J connectivity index is 1.33. The van der Waals surface area contributed by atoms with Crippen LogP contribution in [-0.4, -0.2) is 67.8 Å². The van der Waals surface area contributed by atoms with Gasteiger partial charge in [0.05, 0.1) is 5.56 Å². The Bertz CT molecular complexity index is 1080.